The van der Waals surface area contributed by atoms with Gasteiger partial charge in [0, 0.05) is 23.7 Å². The SMILES string of the molecule is CCOc1ccc(N(C(=O)Cn2nnc3ccccc32)[C@@H](C(=O)NC[C@@H]2CCCO2)c2cccs2)cc1. The summed E-state index contributed by atoms with van der Waals surface area (Å²) < 4.78 is 12.8. The topological polar surface area (TPSA) is 98.6 Å². The van der Waals surface area contributed by atoms with Gasteiger partial charge in [-0.05, 0) is 67.6 Å². The number of carbonyl (C=O) groups excluding carboxylic acids is 2. The maximum atomic E-state index is 14.0. The number of fused-ring (bicyclic) bond motifs is 1. The Labute approximate surface area is 219 Å². The molecule has 0 unspecified atom stereocenters. The van der Waals surface area contributed by atoms with E-state index in [2.05, 4.69) is 15.6 Å². The number of aromatic nitrogens is 3. The van der Waals surface area contributed by atoms with Crippen molar-refractivity contribution in [2.24, 2.45) is 0 Å². The second kappa shape index (κ2) is 11.5. The number of carbonyl (C=O) groups is 2. The normalized spacial score (nSPS) is 16.0. The number of hydrogen-bond donors (Lipinski definition) is 1. The molecule has 5 rings (SSSR count). The number of nitrogens with one attached hydrogen (secondary N) is 1. The number of amides is 2. The molecule has 9 nitrogen and oxygen atoms in total. The molecule has 1 aliphatic rings. The lowest BCUT2D eigenvalue weighted by Gasteiger charge is -2.31. The first kappa shape index (κ1) is 24.9. The molecule has 2 amide bonds. The van der Waals surface area contributed by atoms with Gasteiger partial charge in [0.1, 0.15) is 23.9 Å². The van der Waals surface area contributed by atoms with Crippen molar-refractivity contribution in [2.75, 3.05) is 24.7 Å². The number of benzene rings is 2. The Hall–Kier alpha value is -3.76. The molecular formula is C27H29N5O4S. The molecule has 192 valence electrons. The minimum Gasteiger partial charge on any atom is -0.494 e. The van der Waals surface area contributed by atoms with Crippen LogP contribution in [0.3, 0.4) is 0 Å². The highest BCUT2D eigenvalue weighted by molar-refractivity contribution is 7.10. The van der Waals surface area contributed by atoms with Gasteiger partial charge in [0.15, 0.2) is 0 Å². The van der Waals surface area contributed by atoms with Crippen LogP contribution in [0.4, 0.5) is 5.69 Å². The quantitative estimate of drug-likeness (QED) is 0.341. The van der Waals surface area contributed by atoms with E-state index in [-0.39, 0.29) is 24.5 Å². The van der Waals surface area contributed by atoms with Crippen LogP contribution in [0.5, 0.6) is 5.75 Å². The molecular weight excluding hydrogens is 490 g/mol. The molecule has 1 fully saturated rings. The molecule has 1 N–H and O–H groups in total. The minimum absolute atomic E-state index is 0.0101. The lowest BCUT2D eigenvalue weighted by atomic mass is 10.1. The van der Waals surface area contributed by atoms with Crippen molar-refractivity contribution in [3.63, 3.8) is 0 Å². The van der Waals surface area contributed by atoms with Gasteiger partial charge in [0.25, 0.3) is 0 Å². The molecule has 37 heavy (non-hydrogen) atoms. The largest absolute Gasteiger partial charge is 0.494 e. The fourth-order valence-electron chi connectivity index (χ4n) is 4.48. The van der Waals surface area contributed by atoms with Crippen LogP contribution < -0.4 is 15.0 Å². The van der Waals surface area contributed by atoms with Gasteiger partial charge in [-0.25, -0.2) is 4.68 Å². The van der Waals surface area contributed by atoms with Crippen molar-refractivity contribution in [2.45, 2.75) is 38.5 Å². The Morgan fingerprint density at radius 1 is 1.19 bits per heavy atom. The number of hydrogen-bond acceptors (Lipinski definition) is 7. The molecule has 1 aliphatic heterocycles. The van der Waals surface area contributed by atoms with E-state index < -0.39 is 6.04 Å². The molecule has 2 aromatic carbocycles. The van der Waals surface area contributed by atoms with Crippen molar-refractivity contribution in [3.8, 4) is 5.75 Å². The van der Waals surface area contributed by atoms with Gasteiger partial charge in [-0.2, -0.15) is 0 Å². The summed E-state index contributed by atoms with van der Waals surface area (Å²) in [6.45, 7) is 3.48. The highest BCUT2D eigenvalue weighted by Crippen LogP contribution is 2.32. The van der Waals surface area contributed by atoms with Crippen LogP contribution >= 0.6 is 11.3 Å². The van der Waals surface area contributed by atoms with E-state index in [0.717, 1.165) is 23.2 Å². The molecule has 2 aromatic heterocycles. The number of anilines is 1. The predicted octanol–water partition coefficient (Wildman–Crippen LogP) is 3.96. The first-order chi connectivity index (χ1) is 18.1. The van der Waals surface area contributed by atoms with E-state index in [1.54, 1.807) is 33.8 Å². The number of nitrogens with zero attached hydrogens (tertiary/aromatic N) is 4. The van der Waals surface area contributed by atoms with Crippen molar-refractivity contribution in [3.05, 3.63) is 70.9 Å². The van der Waals surface area contributed by atoms with Crippen LogP contribution in [-0.4, -0.2) is 52.7 Å². The van der Waals surface area contributed by atoms with Crippen LogP contribution in [0.2, 0.25) is 0 Å². The third kappa shape index (κ3) is 5.65. The molecule has 0 spiro atoms. The van der Waals surface area contributed by atoms with Gasteiger partial charge in [0.2, 0.25) is 11.8 Å². The highest BCUT2D eigenvalue weighted by atomic mass is 32.1. The zero-order valence-corrected chi connectivity index (χ0v) is 21.4. The second-order valence-corrected chi connectivity index (χ2v) is 9.70. The van der Waals surface area contributed by atoms with Crippen molar-refractivity contribution >= 4 is 39.9 Å². The predicted molar refractivity (Wildman–Crippen MR) is 142 cm³/mol. The van der Waals surface area contributed by atoms with E-state index >= 15 is 0 Å². The van der Waals surface area contributed by atoms with E-state index in [1.807, 2.05) is 48.7 Å². The molecule has 0 bridgehead atoms. The van der Waals surface area contributed by atoms with Crippen LogP contribution in [0.15, 0.2) is 66.0 Å². The third-order valence-corrected chi connectivity index (χ3v) is 7.17. The molecule has 4 aromatic rings. The van der Waals surface area contributed by atoms with Gasteiger partial charge >= 0.3 is 0 Å². The summed E-state index contributed by atoms with van der Waals surface area (Å²) in [7, 11) is 0. The van der Waals surface area contributed by atoms with E-state index in [1.165, 1.54) is 11.3 Å². The average Bonchev–Trinajstić information content (AvgIpc) is 3.70. The third-order valence-electron chi connectivity index (χ3n) is 6.25. The summed E-state index contributed by atoms with van der Waals surface area (Å²) in [6, 6.07) is 17.6. The summed E-state index contributed by atoms with van der Waals surface area (Å²) in [5, 5.41) is 13.3. The van der Waals surface area contributed by atoms with Crippen molar-refractivity contribution in [1.82, 2.24) is 20.3 Å². The number of rotatable bonds is 10. The van der Waals surface area contributed by atoms with Crippen LogP contribution in [0.1, 0.15) is 30.7 Å². The molecule has 3 heterocycles. The Morgan fingerprint density at radius 2 is 2.03 bits per heavy atom. The van der Waals surface area contributed by atoms with Crippen molar-refractivity contribution < 1.29 is 19.1 Å². The van der Waals surface area contributed by atoms with Gasteiger partial charge in [-0.1, -0.05) is 23.4 Å². The molecule has 0 radical (unpaired) electrons. The fourth-order valence-corrected chi connectivity index (χ4v) is 5.29. The number of ether oxygens (including phenoxy) is 2. The molecule has 1 saturated heterocycles. The van der Waals surface area contributed by atoms with Gasteiger partial charge in [-0.15, -0.1) is 16.4 Å². The zero-order chi connectivity index (χ0) is 25.6. The van der Waals surface area contributed by atoms with Gasteiger partial charge in [-0.3, -0.25) is 14.5 Å². The second-order valence-electron chi connectivity index (χ2n) is 8.72. The smallest absolute Gasteiger partial charge is 0.249 e. The molecule has 0 aliphatic carbocycles. The van der Waals surface area contributed by atoms with E-state index in [9.17, 15) is 9.59 Å². The standard InChI is InChI=1S/C27H29N5O4S/c1-2-35-20-13-11-19(12-14-20)32(25(33)18-31-23-9-4-3-8-22(23)29-30-31)26(24-10-6-16-37-24)27(34)28-17-21-7-5-15-36-21/h3-4,6,8-14,16,21,26H,2,5,7,15,17-18H2,1H3,(H,28,34)/t21-,26+/m0/s1. The summed E-state index contributed by atoms with van der Waals surface area (Å²) in [4.78, 5) is 30.0. The lowest BCUT2D eigenvalue weighted by Crippen LogP contribution is -2.46. The maximum absolute atomic E-state index is 14.0. The van der Waals surface area contributed by atoms with E-state index in [4.69, 9.17) is 9.47 Å². The zero-order valence-electron chi connectivity index (χ0n) is 20.6. The molecule has 2 atom stereocenters. The Balaban J connectivity index is 1.49. The number of thiophene rings is 1. The number of para-hydroxylation sites is 1. The Kier molecular flexibility index (Phi) is 7.76. The van der Waals surface area contributed by atoms with Crippen molar-refractivity contribution in [1.29, 1.82) is 0 Å². The van der Waals surface area contributed by atoms with Gasteiger partial charge < -0.3 is 14.8 Å². The van der Waals surface area contributed by atoms with Gasteiger partial charge in [0.05, 0.1) is 18.2 Å². The highest BCUT2D eigenvalue weighted by Gasteiger charge is 2.34. The lowest BCUT2D eigenvalue weighted by molar-refractivity contribution is -0.127. The Bertz CT molecular complexity index is 1330. The first-order valence-electron chi connectivity index (χ1n) is 12.4. The summed E-state index contributed by atoms with van der Waals surface area (Å²) in [5.41, 5.74) is 2.04. The monoisotopic (exact) mass is 519 g/mol. The molecule has 10 heteroatoms. The Morgan fingerprint density at radius 3 is 2.76 bits per heavy atom. The molecule has 0 saturated carbocycles. The summed E-state index contributed by atoms with van der Waals surface area (Å²) in [6.07, 6.45) is 1.88. The summed E-state index contributed by atoms with van der Waals surface area (Å²) in [5.74, 6) is 0.144. The maximum Gasteiger partial charge on any atom is 0.249 e. The summed E-state index contributed by atoms with van der Waals surface area (Å²) >= 11 is 1.43. The minimum atomic E-state index is -0.860. The van der Waals surface area contributed by atoms with E-state index in [0.29, 0.717) is 36.7 Å². The van der Waals surface area contributed by atoms with Crippen LogP contribution in [-0.2, 0) is 20.9 Å². The average molecular weight is 520 g/mol. The fraction of sp³-hybridized carbons (Fsp3) is 0.333. The first-order valence-corrected chi connectivity index (χ1v) is 13.3. The van der Waals surface area contributed by atoms with Crippen LogP contribution in [0, 0.1) is 0 Å². The van der Waals surface area contributed by atoms with Crippen LogP contribution in [0.25, 0.3) is 11.0 Å².